The number of thiophene rings is 1. The van der Waals surface area contributed by atoms with Crippen molar-refractivity contribution in [2.75, 3.05) is 0 Å². The molecule has 0 aliphatic carbocycles. The summed E-state index contributed by atoms with van der Waals surface area (Å²) < 4.78 is 0. The summed E-state index contributed by atoms with van der Waals surface area (Å²) in [6.07, 6.45) is 0.550. The molecule has 13 heavy (non-hydrogen) atoms. The summed E-state index contributed by atoms with van der Waals surface area (Å²) in [5.74, 6) is 0.221. The van der Waals surface area contributed by atoms with E-state index in [1.807, 2.05) is 12.1 Å². The van der Waals surface area contributed by atoms with Crippen LogP contribution in [0.3, 0.4) is 0 Å². The number of ketones is 1. The molecule has 0 radical (unpaired) electrons. The molecule has 0 fully saturated rings. The predicted molar refractivity (Wildman–Crippen MR) is 56.2 cm³/mol. The lowest BCUT2D eigenvalue weighted by atomic mass is 10.0. The summed E-state index contributed by atoms with van der Waals surface area (Å²) in [7, 11) is 0. The second-order valence-electron chi connectivity index (χ2n) is 3.17. The lowest BCUT2D eigenvalue weighted by molar-refractivity contribution is -0.116. The molecule has 1 heterocycles. The highest BCUT2D eigenvalue weighted by molar-refractivity contribution is 7.09. The molecule has 0 amide bonds. The monoisotopic (exact) mass is 190 g/mol. The van der Waals surface area contributed by atoms with Gasteiger partial charge >= 0.3 is 0 Å². The van der Waals surface area contributed by atoms with E-state index in [4.69, 9.17) is 0 Å². The second-order valence-corrected chi connectivity index (χ2v) is 3.91. The molecule has 0 N–H and O–H groups in total. The van der Waals surface area contributed by atoms with Crippen LogP contribution in [0.1, 0.15) is 12.5 Å². The fraction of sp³-hybridized carbons (Fsp3) is 0.182. The summed E-state index contributed by atoms with van der Waals surface area (Å²) in [6.45, 7) is 1.63. The number of fused-ring (bicyclic) bond motifs is 1. The van der Waals surface area contributed by atoms with E-state index in [-0.39, 0.29) is 5.78 Å². The van der Waals surface area contributed by atoms with E-state index in [0.717, 1.165) is 5.56 Å². The minimum atomic E-state index is 0.221. The van der Waals surface area contributed by atoms with Gasteiger partial charge in [-0.15, -0.1) is 0 Å². The van der Waals surface area contributed by atoms with Gasteiger partial charge in [-0.3, -0.25) is 4.79 Å². The summed E-state index contributed by atoms with van der Waals surface area (Å²) in [6, 6.07) is 6.11. The Morgan fingerprint density at radius 3 is 3.00 bits per heavy atom. The summed E-state index contributed by atoms with van der Waals surface area (Å²) in [5, 5.41) is 6.68. The molecule has 2 heteroatoms. The summed E-state index contributed by atoms with van der Waals surface area (Å²) in [4.78, 5) is 11.0. The van der Waals surface area contributed by atoms with E-state index >= 15 is 0 Å². The third-order valence-electron chi connectivity index (χ3n) is 2.05. The highest BCUT2D eigenvalue weighted by Gasteiger charge is 2.03. The average Bonchev–Trinajstić information content (AvgIpc) is 2.51. The molecule has 0 spiro atoms. The molecule has 0 atom stereocenters. The molecular weight excluding hydrogens is 180 g/mol. The van der Waals surface area contributed by atoms with E-state index in [1.165, 1.54) is 10.8 Å². The van der Waals surface area contributed by atoms with E-state index in [9.17, 15) is 4.79 Å². The van der Waals surface area contributed by atoms with Crippen molar-refractivity contribution in [3.8, 4) is 0 Å². The third-order valence-corrected chi connectivity index (χ3v) is 2.81. The van der Waals surface area contributed by atoms with Crippen LogP contribution in [0.2, 0.25) is 0 Å². The lowest BCUT2D eigenvalue weighted by Crippen LogP contribution is -1.95. The van der Waals surface area contributed by atoms with Gasteiger partial charge in [-0.1, -0.05) is 18.2 Å². The number of hydrogen-bond acceptors (Lipinski definition) is 2. The van der Waals surface area contributed by atoms with E-state index < -0.39 is 0 Å². The number of carbonyl (C=O) groups is 1. The summed E-state index contributed by atoms with van der Waals surface area (Å²) in [5.41, 5.74) is 1.14. The number of rotatable bonds is 2. The average molecular weight is 190 g/mol. The van der Waals surface area contributed by atoms with Crippen LogP contribution in [0, 0.1) is 0 Å². The Bertz CT molecular complexity index is 442. The molecule has 66 valence electrons. The van der Waals surface area contributed by atoms with Crippen molar-refractivity contribution in [1.82, 2.24) is 0 Å². The Hall–Kier alpha value is -1.15. The Morgan fingerprint density at radius 1 is 1.38 bits per heavy atom. The van der Waals surface area contributed by atoms with Gasteiger partial charge in [-0.25, -0.2) is 0 Å². The SMILES string of the molecule is CC(=O)Cc1cccc2cscc12. The number of carbonyl (C=O) groups excluding carboxylic acids is 1. The van der Waals surface area contributed by atoms with Crippen molar-refractivity contribution in [3.05, 3.63) is 34.5 Å². The topological polar surface area (TPSA) is 17.1 Å². The first-order valence-corrected chi connectivity index (χ1v) is 5.15. The zero-order valence-corrected chi connectivity index (χ0v) is 8.23. The van der Waals surface area contributed by atoms with Crippen LogP contribution in [-0.2, 0) is 11.2 Å². The molecule has 0 unspecified atom stereocenters. The van der Waals surface area contributed by atoms with Gasteiger partial charge in [0.05, 0.1) is 0 Å². The number of benzene rings is 1. The van der Waals surface area contributed by atoms with E-state index in [2.05, 4.69) is 16.8 Å². The molecule has 0 aliphatic heterocycles. The molecule has 0 bridgehead atoms. The normalized spacial score (nSPS) is 10.5. The van der Waals surface area contributed by atoms with Gasteiger partial charge in [0.2, 0.25) is 0 Å². The van der Waals surface area contributed by atoms with Crippen molar-refractivity contribution in [2.45, 2.75) is 13.3 Å². The van der Waals surface area contributed by atoms with Gasteiger partial charge in [0.15, 0.2) is 0 Å². The molecule has 0 saturated heterocycles. The minimum absolute atomic E-state index is 0.221. The van der Waals surface area contributed by atoms with Crippen molar-refractivity contribution < 1.29 is 4.79 Å². The molecule has 2 rings (SSSR count). The van der Waals surface area contributed by atoms with Crippen LogP contribution in [0.5, 0.6) is 0 Å². The van der Waals surface area contributed by atoms with Crippen molar-refractivity contribution in [3.63, 3.8) is 0 Å². The zero-order chi connectivity index (χ0) is 9.26. The Morgan fingerprint density at radius 2 is 2.23 bits per heavy atom. The van der Waals surface area contributed by atoms with Crippen LogP contribution >= 0.6 is 11.3 Å². The maximum Gasteiger partial charge on any atom is 0.134 e. The van der Waals surface area contributed by atoms with Crippen LogP contribution in [0.15, 0.2) is 29.0 Å². The molecule has 1 aromatic carbocycles. The van der Waals surface area contributed by atoms with Gasteiger partial charge < -0.3 is 0 Å². The van der Waals surface area contributed by atoms with Gasteiger partial charge in [0.25, 0.3) is 0 Å². The van der Waals surface area contributed by atoms with Gasteiger partial charge in [-0.05, 0) is 34.0 Å². The number of hydrogen-bond donors (Lipinski definition) is 0. The van der Waals surface area contributed by atoms with Crippen LogP contribution < -0.4 is 0 Å². The third kappa shape index (κ3) is 1.63. The molecule has 0 aliphatic rings. The summed E-state index contributed by atoms with van der Waals surface area (Å²) >= 11 is 1.68. The minimum Gasteiger partial charge on any atom is -0.300 e. The van der Waals surface area contributed by atoms with E-state index in [0.29, 0.717) is 6.42 Å². The Balaban J connectivity index is 2.54. The van der Waals surface area contributed by atoms with Crippen molar-refractivity contribution in [2.24, 2.45) is 0 Å². The maximum atomic E-state index is 11.0. The molecular formula is C11H10OS. The van der Waals surface area contributed by atoms with Gasteiger partial charge in [0, 0.05) is 6.42 Å². The highest BCUT2D eigenvalue weighted by atomic mass is 32.1. The van der Waals surface area contributed by atoms with Crippen molar-refractivity contribution in [1.29, 1.82) is 0 Å². The lowest BCUT2D eigenvalue weighted by Gasteiger charge is -1.99. The standard InChI is InChI=1S/C11H10OS/c1-8(12)5-9-3-2-4-10-6-13-7-11(9)10/h2-4,6-7H,5H2,1H3. The van der Waals surface area contributed by atoms with E-state index in [1.54, 1.807) is 18.3 Å². The van der Waals surface area contributed by atoms with Gasteiger partial charge in [0.1, 0.15) is 5.78 Å². The largest absolute Gasteiger partial charge is 0.300 e. The second kappa shape index (κ2) is 3.30. The Labute approximate surface area is 81.0 Å². The predicted octanol–water partition coefficient (Wildman–Crippen LogP) is 3.03. The smallest absolute Gasteiger partial charge is 0.134 e. The molecule has 1 aromatic heterocycles. The fourth-order valence-corrected chi connectivity index (χ4v) is 2.32. The first kappa shape index (κ1) is 8.45. The van der Waals surface area contributed by atoms with Crippen LogP contribution in [0.4, 0.5) is 0 Å². The quantitative estimate of drug-likeness (QED) is 0.711. The first-order valence-electron chi connectivity index (χ1n) is 4.20. The number of Topliss-reactive ketones (excluding diaryl/α,β-unsaturated/α-hetero) is 1. The molecule has 1 nitrogen and oxygen atoms in total. The van der Waals surface area contributed by atoms with Crippen LogP contribution in [0.25, 0.3) is 10.8 Å². The van der Waals surface area contributed by atoms with Gasteiger partial charge in [-0.2, -0.15) is 11.3 Å². The van der Waals surface area contributed by atoms with Crippen LogP contribution in [-0.4, -0.2) is 5.78 Å². The Kier molecular flexibility index (Phi) is 2.15. The first-order chi connectivity index (χ1) is 6.27. The molecule has 0 saturated carbocycles. The zero-order valence-electron chi connectivity index (χ0n) is 7.41. The maximum absolute atomic E-state index is 11.0. The molecule has 2 aromatic rings. The highest BCUT2D eigenvalue weighted by Crippen LogP contribution is 2.23. The van der Waals surface area contributed by atoms with Crippen molar-refractivity contribution >= 4 is 27.9 Å². The fourth-order valence-electron chi connectivity index (χ4n) is 1.48.